The van der Waals surface area contributed by atoms with Gasteiger partial charge in [-0.15, -0.1) is 0 Å². The maximum Gasteiger partial charge on any atom is 0.168 e. The van der Waals surface area contributed by atoms with E-state index in [-0.39, 0.29) is 6.61 Å². The van der Waals surface area contributed by atoms with Crippen molar-refractivity contribution in [2.45, 2.75) is 17.5 Å². The van der Waals surface area contributed by atoms with Crippen LogP contribution >= 0.6 is 11.8 Å². The van der Waals surface area contributed by atoms with Crippen molar-refractivity contribution in [3.63, 3.8) is 0 Å². The van der Waals surface area contributed by atoms with E-state index in [9.17, 15) is 0 Å². The molecule has 0 aliphatic carbocycles. The van der Waals surface area contributed by atoms with Gasteiger partial charge in [0, 0.05) is 13.1 Å². The molecule has 80 valence electrons. The number of nitrogens with zero attached hydrogens (tertiary/aromatic N) is 3. The van der Waals surface area contributed by atoms with Gasteiger partial charge in [0.2, 0.25) is 0 Å². The van der Waals surface area contributed by atoms with Gasteiger partial charge in [-0.25, -0.2) is 4.98 Å². The number of rotatable bonds is 4. The van der Waals surface area contributed by atoms with Crippen molar-refractivity contribution in [1.82, 2.24) is 14.7 Å². The summed E-state index contributed by atoms with van der Waals surface area (Å²) in [4.78, 5) is 4.19. The number of thioether (sulfide) groups is 1. The molecule has 0 aromatic carbocycles. The van der Waals surface area contributed by atoms with Crippen LogP contribution in [0.2, 0.25) is 0 Å². The number of hydrogen-bond donors (Lipinski definition) is 1. The molecule has 1 N–H and O–H groups in total. The first-order chi connectivity index (χ1) is 7.31. The molecule has 2 aromatic heterocycles. The second-order valence-electron chi connectivity index (χ2n) is 3.02. The summed E-state index contributed by atoms with van der Waals surface area (Å²) < 4.78 is 6.83. The topological polar surface area (TPSA) is 64.1 Å². The van der Waals surface area contributed by atoms with E-state index >= 15 is 0 Å². The molecule has 5 nitrogen and oxygen atoms in total. The first kappa shape index (κ1) is 10.3. The lowest BCUT2D eigenvalue weighted by Gasteiger charge is -2.01. The molecule has 2 aromatic rings. The third-order valence-electron chi connectivity index (χ3n) is 2.04. The normalized spacial score (nSPS) is 10.8. The molecule has 2 rings (SSSR count). The maximum atomic E-state index is 8.99. The smallest absolute Gasteiger partial charge is 0.168 e. The van der Waals surface area contributed by atoms with Crippen LogP contribution in [-0.4, -0.2) is 19.8 Å². The Labute approximate surface area is 91.1 Å². The summed E-state index contributed by atoms with van der Waals surface area (Å²) >= 11 is 1.55. The third kappa shape index (κ3) is 2.21. The van der Waals surface area contributed by atoms with Gasteiger partial charge in [0.05, 0.1) is 30.4 Å². The molecule has 0 amide bonds. The van der Waals surface area contributed by atoms with Crippen molar-refractivity contribution in [1.29, 1.82) is 0 Å². The Hall–Kier alpha value is -1.27. The summed E-state index contributed by atoms with van der Waals surface area (Å²) in [5, 5.41) is 13.5. The minimum atomic E-state index is 0.00632. The zero-order chi connectivity index (χ0) is 10.7. The van der Waals surface area contributed by atoms with Gasteiger partial charge in [-0.1, -0.05) is 16.9 Å². The molecule has 0 unspecified atom stereocenters. The van der Waals surface area contributed by atoms with Crippen molar-refractivity contribution in [3.05, 3.63) is 29.9 Å². The Morgan fingerprint density at radius 2 is 2.47 bits per heavy atom. The zero-order valence-electron chi connectivity index (χ0n) is 8.25. The molecule has 0 saturated carbocycles. The molecule has 0 saturated heterocycles. The second-order valence-corrected chi connectivity index (χ2v) is 3.96. The fraction of sp³-hybridized carbons (Fsp3) is 0.333. The molecular formula is C9H11N3O2S. The van der Waals surface area contributed by atoms with E-state index in [0.717, 1.165) is 16.6 Å². The van der Waals surface area contributed by atoms with Crippen LogP contribution in [0.4, 0.5) is 0 Å². The van der Waals surface area contributed by atoms with Gasteiger partial charge >= 0.3 is 0 Å². The lowest BCUT2D eigenvalue weighted by molar-refractivity contribution is 0.271. The van der Waals surface area contributed by atoms with Gasteiger partial charge in [0.1, 0.15) is 5.76 Å². The van der Waals surface area contributed by atoms with Gasteiger partial charge in [-0.05, 0) is 0 Å². The number of imidazole rings is 1. The predicted molar refractivity (Wildman–Crippen MR) is 55.2 cm³/mol. The summed E-state index contributed by atoms with van der Waals surface area (Å²) in [6.07, 6.45) is 3.29. The van der Waals surface area contributed by atoms with E-state index < -0.39 is 0 Å². The van der Waals surface area contributed by atoms with Crippen LogP contribution in [0.3, 0.4) is 0 Å². The van der Waals surface area contributed by atoms with Crippen molar-refractivity contribution in [2.24, 2.45) is 7.05 Å². The first-order valence-electron chi connectivity index (χ1n) is 4.45. The van der Waals surface area contributed by atoms with Crippen molar-refractivity contribution in [2.75, 3.05) is 0 Å². The summed E-state index contributed by atoms with van der Waals surface area (Å²) in [7, 11) is 1.88. The third-order valence-corrected chi connectivity index (χ3v) is 3.10. The SMILES string of the molecule is Cn1c(CO)cnc1SCc1ccno1. The summed E-state index contributed by atoms with van der Waals surface area (Å²) in [5.74, 6) is 1.50. The Morgan fingerprint density at radius 3 is 3.07 bits per heavy atom. The van der Waals surface area contributed by atoms with E-state index in [4.69, 9.17) is 9.63 Å². The molecule has 0 atom stereocenters. The Balaban J connectivity index is 2.02. The first-order valence-corrected chi connectivity index (χ1v) is 5.43. The molecule has 15 heavy (non-hydrogen) atoms. The summed E-state index contributed by atoms with van der Waals surface area (Å²) in [5.41, 5.74) is 0.801. The zero-order valence-corrected chi connectivity index (χ0v) is 9.07. The molecular weight excluding hydrogens is 214 g/mol. The van der Waals surface area contributed by atoms with Crippen LogP contribution in [0.1, 0.15) is 11.5 Å². The Kier molecular flexibility index (Phi) is 3.08. The molecule has 0 spiro atoms. The minimum absolute atomic E-state index is 0.00632. The van der Waals surface area contributed by atoms with E-state index in [0.29, 0.717) is 5.75 Å². The monoisotopic (exact) mass is 225 g/mol. The molecule has 0 bridgehead atoms. The van der Waals surface area contributed by atoms with Gasteiger partial charge in [0.25, 0.3) is 0 Å². The van der Waals surface area contributed by atoms with Gasteiger partial charge in [-0.3, -0.25) is 0 Å². The van der Waals surface area contributed by atoms with Gasteiger partial charge in [0.15, 0.2) is 5.16 Å². The summed E-state index contributed by atoms with van der Waals surface area (Å²) in [6, 6.07) is 1.82. The summed E-state index contributed by atoms with van der Waals surface area (Å²) in [6.45, 7) is 0.00632. The molecule has 2 heterocycles. The lowest BCUT2D eigenvalue weighted by Crippen LogP contribution is -1.97. The van der Waals surface area contributed by atoms with Crippen molar-refractivity contribution in [3.8, 4) is 0 Å². The van der Waals surface area contributed by atoms with Crippen LogP contribution in [-0.2, 0) is 19.4 Å². The number of aliphatic hydroxyl groups excluding tert-OH is 1. The largest absolute Gasteiger partial charge is 0.390 e. The van der Waals surface area contributed by atoms with Crippen LogP contribution in [0.25, 0.3) is 0 Å². The van der Waals surface area contributed by atoms with Crippen molar-refractivity contribution < 1.29 is 9.63 Å². The number of hydrogen-bond acceptors (Lipinski definition) is 5. The van der Waals surface area contributed by atoms with E-state index in [1.54, 1.807) is 24.2 Å². The fourth-order valence-electron chi connectivity index (χ4n) is 1.16. The molecule has 0 aliphatic heterocycles. The highest BCUT2D eigenvalue weighted by Crippen LogP contribution is 2.21. The average Bonchev–Trinajstić information content (AvgIpc) is 2.85. The van der Waals surface area contributed by atoms with Crippen LogP contribution in [0, 0.1) is 0 Å². The molecule has 6 heteroatoms. The standard InChI is InChI=1S/C9H11N3O2S/c1-12-7(5-13)4-10-9(12)15-6-8-2-3-11-14-8/h2-4,13H,5-6H2,1H3. The van der Waals surface area contributed by atoms with E-state index in [1.807, 2.05) is 17.7 Å². The molecule has 0 radical (unpaired) electrons. The van der Waals surface area contributed by atoms with E-state index in [1.165, 1.54) is 0 Å². The molecule has 0 aliphatic rings. The van der Waals surface area contributed by atoms with Crippen LogP contribution < -0.4 is 0 Å². The number of aromatic nitrogens is 3. The average molecular weight is 225 g/mol. The Morgan fingerprint density at radius 1 is 1.60 bits per heavy atom. The second kappa shape index (κ2) is 4.50. The predicted octanol–water partition coefficient (Wildman–Crippen LogP) is 1.19. The number of aliphatic hydroxyl groups is 1. The Bertz CT molecular complexity index is 425. The van der Waals surface area contributed by atoms with Crippen molar-refractivity contribution >= 4 is 11.8 Å². The fourth-order valence-corrected chi connectivity index (χ4v) is 2.02. The minimum Gasteiger partial charge on any atom is -0.390 e. The molecule has 0 fully saturated rings. The lowest BCUT2D eigenvalue weighted by atomic mass is 10.5. The highest BCUT2D eigenvalue weighted by Gasteiger charge is 2.07. The van der Waals surface area contributed by atoms with Gasteiger partial charge < -0.3 is 14.2 Å². The van der Waals surface area contributed by atoms with Gasteiger partial charge in [-0.2, -0.15) is 0 Å². The maximum absolute atomic E-state index is 8.99. The highest BCUT2D eigenvalue weighted by molar-refractivity contribution is 7.98. The highest BCUT2D eigenvalue weighted by atomic mass is 32.2. The van der Waals surface area contributed by atoms with E-state index in [2.05, 4.69) is 10.1 Å². The quantitative estimate of drug-likeness (QED) is 0.792. The van der Waals surface area contributed by atoms with Crippen LogP contribution in [0.5, 0.6) is 0 Å². The van der Waals surface area contributed by atoms with Crippen LogP contribution in [0.15, 0.2) is 28.1 Å².